The van der Waals surface area contributed by atoms with E-state index in [0.29, 0.717) is 30.4 Å². The number of carbonyl (C=O) groups excluding carboxylic acids is 1. The molecule has 156 valence electrons. The molecule has 0 saturated carbocycles. The molecule has 1 heterocycles. The molecular weight excluding hydrogens is 433 g/mol. The van der Waals surface area contributed by atoms with Gasteiger partial charge in [0, 0.05) is 48.5 Å². The molecule has 0 spiro atoms. The first-order valence-corrected chi connectivity index (χ1v) is 11.5. The minimum absolute atomic E-state index is 0.0549. The Balaban J connectivity index is 1.69. The third-order valence-corrected chi connectivity index (χ3v) is 7.00. The van der Waals surface area contributed by atoms with Gasteiger partial charge in [0.25, 0.3) is 15.9 Å². The van der Waals surface area contributed by atoms with Gasteiger partial charge in [0.2, 0.25) is 0 Å². The molecule has 0 aromatic heterocycles. The quantitative estimate of drug-likeness (QED) is 0.740. The summed E-state index contributed by atoms with van der Waals surface area (Å²) in [6.45, 7) is 7.35. The lowest BCUT2D eigenvalue weighted by Gasteiger charge is -2.37. The number of nitrogens with one attached hydrogen (secondary N) is 1. The number of halogens is 2. The van der Waals surface area contributed by atoms with Crippen molar-refractivity contribution < 1.29 is 13.2 Å². The Morgan fingerprint density at radius 2 is 1.62 bits per heavy atom. The first-order chi connectivity index (χ1) is 13.7. The van der Waals surface area contributed by atoms with Gasteiger partial charge in [-0.1, -0.05) is 23.2 Å². The van der Waals surface area contributed by atoms with Crippen molar-refractivity contribution in [1.29, 1.82) is 0 Å². The Kier molecular flexibility index (Phi) is 6.73. The standard InChI is InChI=1S/C20H23Cl2N3O3S/c1-14(2)24-9-11-25(12-10-24)20(26)15-3-6-17(7-4-15)23-29(27,28)19-13-16(21)5-8-18(19)22/h3-8,13-14,23H,9-12H2,1-2H3. The number of piperazine rings is 1. The third kappa shape index (κ3) is 5.22. The molecule has 0 aliphatic carbocycles. The minimum Gasteiger partial charge on any atom is -0.336 e. The zero-order valence-electron chi connectivity index (χ0n) is 16.2. The van der Waals surface area contributed by atoms with Gasteiger partial charge in [-0.15, -0.1) is 0 Å². The van der Waals surface area contributed by atoms with Crippen molar-refractivity contribution in [2.45, 2.75) is 24.8 Å². The first-order valence-electron chi connectivity index (χ1n) is 9.28. The average Bonchev–Trinajstić information content (AvgIpc) is 2.69. The molecule has 0 atom stereocenters. The van der Waals surface area contributed by atoms with Crippen LogP contribution >= 0.6 is 23.2 Å². The zero-order valence-corrected chi connectivity index (χ0v) is 18.6. The summed E-state index contributed by atoms with van der Waals surface area (Å²) in [5.41, 5.74) is 0.856. The van der Waals surface area contributed by atoms with E-state index in [1.807, 2.05) is 4.90 Å². The van der Waals surface area contributed by atoms with Crippen LogP contribution in [0.2, 0.25) is 10.0 Å². The molecule has 1 fully saturated rings. The van der Waals surface area contributed by atoms with Crippen LogP contribution in [0.25, 0.3) is 0 Å². The fourth-order valence-corrected chi connectivity index (χ4v) is 5.02. The summed E-state index contributed by atoms with van der Waals surface area (Å²) in [4.78, 5) is 16.8. The lowest BCUT2D eigenvalue weighted by molar-refractivity contribution is 0.0595. The summed E-state index contributed by atoms with van der Waals surface area (Å²) >= 11 is 11.9. The van der Waals surface area contributed by atoms with E-state index < -0.39 is 10.0 Å². The highest BCUT2D eigenvalue weighted by Crippen LogP contribution is 2.27. The normalized spacial score (nSPS) is 15.6. The van der Waals surface area contributed by atoms with Crippen LogP contribution in [-0.2, 0) is 10.0 Å². The van der Waals surface area contributed by atoms with Gasteiger partial charge in [-0.25, -0.2) is 8.42 Å². The van der Waals surface area contributed by atoms with E-state index in [-0.39, 0.29) is 20.8 Å². The van der Waals surface area contributed by atoms with Gasteiger partial charge in [-0.2, -0.15) is 0 Å². The van der Waals surface area contributed by atoms with Crippen molar-refractivity contribution in [3.05, 3.63) is 58.1 Å². The molecule has 0 radical (unpaired) electrons. The maximum atomic E-state index is 12.7. The van der Waals surface area contributed by atoms with E-state index in [1.54, 1.807) is 24.3 Å². The van der Waals surface area contributed by atoms with Gasteiger partial charge in [-0.05, 0) is 56.3 Å². The van der Waals surface area contributed by atoms with Crippen molar-refractivity contribution in [1.82, 2.24) is 9.80 Å². The van der Waals surface area contributed by atoms with Crippen molar-refractivity contribution in [3.8, 4) is 0 Å². The molecule has 1 N–H and O–H groups in total. The van der Waals surface area contributed by atoms with Gasteiger partial charge in [-0.3, -0.25) is 14.4 Å². The van der Waals surface area contributed by atoms with Crippen LogP contribution < -0.4 is 4.72 Å². The predicted octanol–water partition coefficient (Wildman–Crippen LogP) is 3.96. The summed E-state index contributed by atoms with van der Waals surface area (Å²) in [6.07, 6.45) is 0. The fraction of sp³-hybridized carbons (Fsp3) is 0.350. The summed E-state index contributed by atoms with van der Waals surface area (Å²) in [6, 6.07) is 11.1. The molecule has 29 heavy (non-hydrogen) atoms. The van der Waals surface area contributed by atoms with E-state index in [9.17, 15) is 13.2 Å². The van der Waals surface area contributed by atoms with E-state index in [0.717, 1.165) is 13.1 Å². The topological polar surface area (TPSA) is 69.7 Å². The van der Waals surface area contributed by atoms with Gasteiger partial charge >= 0.3 is 0 Å². The van der Waals surface area contributed by atoms with E-state index in [1.165, 1.54) is 18.2 Å². The molecule has 2 aromatic carbocycles. The number of sulfonamides is 1. The van der Waals surface area contributed by atoms with Crippen LogP contribution in [0.5, 0.6) is 0 Å². The second-order valence-corrected chi connectivity index (χ2v) is 9.67. The minimum atomic E-state index is -3.90. The average molecular weight is 456 g/mol. The Morgan fingerprint density at radius 3 is 2.21 bits per heavy atom. The van der Waals surface area contributed by atoms with Crippen LogP contribution in [0.3, 0.4) is 0 Å². The number of carbonyl (C=O) groups is 1. The fourth-order valence-electron chi connectivity index (χ4n) is 3.20. The molecule has 2 aromatic rings. The first kappa shape index (κ1) is 21.9. The number of amides is 1. The molecule has 0 bridgehead atoms. The van der Waals surface area contributed by atoms with Gasteiger partial charge in [0.1, 0.15) is 4.90 Å². The van der Waals surface area contributed by atoms with Crippen LogP contribution in [0.1, 0.15) is 24.2 Å². The van der Waals surface area contributed by atoms with Crippen molar-refractivity contribution >= 4 is 44.8 Å². The van der Waals surface area contributed by atoms with E-state index in [4.69, 9.17) is 23.2 Å². The molecule has 1 amide bonds. The molecule has 1 aliphatic rings. The summed E-state index contributed by atoms with van der Waals surface area (Å²) in [5, 5.41) is 0.350. The number of nitrogens with zero attached hydrogens (tertiary/aromatic N) is 2. The Hall–Kier alpha value is -1.80. The van der Waals surface area contributed by atoms with Crippen LogP contribution in [0.15, 0.2) is 47.4 Å². The molecule has 1 aliphatic heterocycles. The highest BCUT2D eigenvalue weighted by Gasteiger charge is 2.24. The van der Waals surface area contributed by atoms with E-state index >= 15 is 0 Å². The lowest BCUT2D eigenvalue weighted by Crippen LogP contribution is -2.50. The van der Waals surface area contributed by atoms with Crippen LogP contribution in [-0.4, -0.2) is 56.3 Å². The lowest BCUT2D eigenvalue weighted by atomic mass is 10.1. The maximum absolute atomic E-state index is 12.7. The number of rotatable bonds is 5. The molecule has 0 unspecified atom stereocenters. The van der Waals surface area contributed by atoms with Crippen molar-refractivity contribution in [2.24, 2.45) is 0 Å². The summed E-state index contributed by atoms with van der Waals surface area (Å²) < 4.78 is 27.6. The van der Waals surface area contributed by atoms with Crippen molar-refractivity contribution in [3.63, 3.8) is 0 Å². The molecule has 3 rings (SSSR count). The number of hydrogen-bond acceptors (Lipinski definition) is 4. The molecule has 6 nitrogen and oxygen atoms in total. The largest absolute Gasteiger partial charge is 0.336 e. The highest BCUT2D eigenvalue weighted by molar-refractivity contribution is 7.92. The highest BCUT2D eigenvalue weighted by atomic mass is 35.5. The third-order valence-electron chi connectivity index (χ3n) is 4.90. The SMILES string of the molecule is CC(C)N1CCN(C(=O)c2ccc(NS(=O)(=O)c3cc(Cl)ccc3Cl)cc2)CC1. The smallest absolute Gasteiger partial charge is 0.263 e. The van der Waals surface area contributed by atoms with Gasteiger partial charge < -0.3 is 4.90 Å². The van der Waals surface area contributed by atoms with Crippen LogP contribution in [0.4, 0.5) is 5.69 Å². The zero-order chi connectivity index (χ0) is 21.2. The Labute approximate surface area is 181 Å². The summed E-state index contributed by atoms with van der Waals surface area (Å²) in [5.74, 6) is -0.0549. The van der Waals surface area contributed by atoms with E-state index in [2.05, 4.69) is 23.5 Å². The predicted molar refractivity (Wildman–Crippen MR) is 116 cm³/mol. The molecule has 1 saturated heterocycles. The molecular formula is C20H23Cl2N3O3S. The second-order valence-electron chi connectivity index (χ2n) is 7.18. The second kappa shape index (κ2) is 8.92. The summed E-state index contributed by atoms with van der Waals surface area (Å²) in [7, 11) is -3.90. The van der Waals surface area contributed by atoms with Crippen LogP contribution in [0, 0.1) is 0 Å². The van der Waals surface area contributed by atoms with Crippen molar-refractivity contribution in [2.75, 3.05) is 30.9 Å². The Morgan fingerprint density at radius 1 is 1.00 bits per heavy atom. The number of anilines is 1. The van der Waals surface area contributed by atoms with Gasteiger partial charge in [0.05, 0.1) is 5.02 Å². The van der Waals surface area contributed by atoms with Gasteiger partial charge in [0.15, 0.2) is 0 Å². The maximum Gasteiger partial charge on any atom is 0.263 e. The number of hydrogen-bond donors (Lipinski definition) is 1. The Bertz CT molecular complexity index is 987. The monoisotopic (exact) mass is 455 g/mol. The molecule has 9 heteroatoms. The number of benzene rings is 2.